The maximum Gasteiger partial charge on any atom is 0.234 e. The second-order valence-electron chi connectivity index (χ2n) is 6.32. The Bertz CT molecular complexity index is 1140. The Morgan fingerprint density at radius 2 is 1.83 bits per heavy atom. The van der Waals surface area contributed by atoms with Gasteiger partial charge in [-0.25, -0.2) is 4.68 Å². The number of nitrogens with zero attached hydrogens (tertiary/aromatic N) is 3. The highest BCUT2D eigenvalue weighted by atomic mass is 32.2. The first-order valence-corrected chi connectivity index (χ1v) is 9.94. The van der Waals surface area contributed by atoms with Crippen LogP contribution in [0.3, 0.4) is 0 Å². The number of hydrogen-bond acceptors (Lipinski definition) is 6. The molecular weight excluding hydrogens is 386 g/mol. The van der Waals surface area contributed by atoms with Crippen molar-refractivity contribution in [2.75, 3.05) is 16.9 Å². The average molecular weight is 405 g/mol. The van der Waals surface area contributed by atoms with Gasteiger partial charge in [0.05, 0.1) is 17.6 Å². The second-order valence-corrected chi connectivity index (χ2v) is 7.26. The number of carbonyl (C=O) groups excluding carboxylic acids is 1. The topological polar surface area (TPSA) is 99.0 Å². The second kappa shape index (κ2) is 8.24. The maximum absolute atomic E-state index is 12.5. The monoisotopic (exact) mass is 405 g/mol. The summed E-state index contributed by atoms with van der Waals surface area (Å²) in [6.45, 7) is 1.83. The molecule has 8 heteroatoms. The molecule has 146 valence electrons. The van der Waals surface area contributed by atoms with Crippen LogP contribution in [-0.2, 0) is 4.79 Å². The number of amides is 1. The zero-order chi connectivity index (χ0) is 20.2. The predicted molar refractivity (Wildman–Crippen MR) is 114 cm³/mol. The molecule has 0 unspecified atom stereocenters. The molecule has 0 bridgehead atoms. The van der Waals surface area contributed by atoms with E-state index in [2.05, 4.69) is 15.5 Å². The lowest BCUT2D eigenvalue weighted by Gasteiger charge is -2.11. The quantitative estimate of drug-likeness (QED) is 0.372. The molecule has 4 rings (SSSR count). The van der Waals surface area contributed by atoms with E-state index in [-0.39, 0.29) is 11.7 Å². The van der Waals surface area contributed by atoms with Crippen LogP contribution >= 0.6 is 11.8 Å². The molecule has 29 heavy (non-hydrogen) atoms. The Balaban J connectivity index is 1.45. The van der Waals surface area contributed by atoms with Crippen molar-refractivity contribution in [1.82, 2.24) is 14.9 Å². The average Bonchev–Trinajstić information content (AvgIpc) is 3.32. The number of hydrogen-bond donors (Lipinski definition) is 2. The number of anilines is 1. The molecule has 7 nitrogen and oxygen atoms in total. The molecular formula is C21H19N5O2S. The lowest BCUT2D eigenvalue weighted by Crippen LogP contribution is -2.16. The SMILES string of the molecule is Cc1occc1-c1nnc(SCC(=O)Nc2ccccc2-c2ccccc2)n1N. The van der Waals surface area contributed by atoms with Crippen molar-refractivity contribution in [2.24, 2.45) is 0 Å². The fourth-order valence-electron chi connectivity index (χ4n) is 2.95. The molecule has 0 aliphatic heterocycles. The molecule has 0 saturated carbocycles. The normalized spacial score (nSPS) is 10.8. The van der Waals surface area contributed by atoms with Crippen LogP contribution in [0.5, 0.6) is 0 Å². The summed E-state index contributed by atoms with van der Waals surface area (Å²) in [4.78, 5) is 12.5. The molecule has 0 atom stereocenters. The van der Waals surface area contributed by atoms with Gasteiger partial charge in [0.15, 0.2) is 5.82 Å². The minimum atomic E-state index is -0.151. The van der Waals surface area contributed by atoms with Gasteiger partial charge in [0, 0.05) is 11.3 Å². The summed E-state index contributed by atoms with van der Waals surface area (Å²) in [7, 11) is 0. The van der Waals surface area contributed by atoms with Crippen LogP contribution in [0, 0.1) is 6.92 Å². The summed E-state index contributed by atoms with van der Waals surface area (Å²) in [6, 6.07) is 19.4. The molecule has 0 aliphatic carbocycles. The number of aryl methyl sites for hydroxylation is 1. The molecule has 0 saturated heterocycles. The van der Waals surface area contributed by atoms with E-state index < -0.39 is 0 Å². The first kappa shape index (κ1) is 18.8. The number of carbonyl (C=O) groups is 1. The number of aromatic nitrogens is 3. The highest BCUT2D eigenvalue weighted by Gasteiger charge is 2.17. The fraction of sp³-hybridized carbons (Fsp3) is 0.0952. The van der Waals surface area contributed by atoms with Gasteiger partial charge in [-0.1, -0.05) is 60.3 Å². The summed E-state index contributed by atoms with van der Waals surface area (Å²) < 4.78 is 6.66. The Kier molecular flexibility index (Phi) is 5.35. The van der Waals surface area contributed by atoms with Crippen LogP contribution in [0.25, 0.3) is 22.5 Å². The van der Waals surface area contributed by atoms with Crippen LogP contribution in [-0.4, -0.2) is 26.5 Å². The van der Waals surface area contributed by atoms with E-state index in [1.54, 1.807) is 12.3 Å². The van der Waals surface area contributed by atoms with Gasteiger partial charge in [-0.2, -0.15) is 0 Å². The first-order valence-electron chi connectivity index (χ1n) is 8.95. The summed E-state index contributed by atoms with van der Waals surface area (Å²) in [5.74, 6) is 7.30. The number of nitrogens with one attached hydrogen (secondary N) is 1. The number of furan rings is 1. The van der Waals surface area contributed by atoms with E-state index in [0.717, 1.165) is 22.4 Å². The van der Waals surface area contributed by atoms with Crippen LogP contribution in [0.2, 0.25) is 0 Å². The molecule has 0 radical (unpaired) electrons. The van der Waals surface area contributed by atoms with E-state index >= 15 is 0 Å². The molecule has 2 aromatic heterocycles. The smallest absolute Gasteiger partial charge is 0.234 e. The van der Waals surface area contributed by atoms with Gasteiger partial charge in [0.25, 0.3) is 0 Å². The van der Waals surface area contributed by atoms with Gasteiger partial charge < -0.3 is 15.6 Å². The first-order chi connectivity index (χ1) is 14.1. The Morgan fingerprint density at radius 3 is 2.59 bits per heavy atom. The maximum atomic E-state index is 12.5. The van der Waals surface area contributed by atoms with Crippen LogP contribution in [0.1, 0.15) is 5.76 Å². The minimum absolute atomic E-state index is 0.151. The Morgan fingerprint density at radius 1 is 1.07 bits per heavy atom. The molecule has 0 spiro atoms. The number of para-hydroxylation sites is 1. The summed E-state index contributed by atoms with van der Waals surface area (Å²) in [5, 5.41) is 11.6. The van der Waals surface area contributed by atoms with Gasteiger partial charge in [0.1, 0.15) is 5.76 Å². The van der Waals surface area contributed by atoms with E-state index in [0.29, 0.717) is 16.7 Å². The highest BCUT2D eigenvalue weighted by Crippen LogP contribution is 2.28. The summed E-state index contributed by atoms with van der Waals surface area (Å²) in [6.07, 6.45) is 1.57. The van der Waals surface area contributed by atoms with Crippen LogP contribution in [0.15, 0.2) is 76.5 Å². The fourth-order valence-corrected chi connectivity index (χ4v) is 3.61. The van der Waals surface area contributed by atoms with Crippen LogP contribution < -0.4 is 11.2 Å². The van der Waals surface area contributed by atoms with Crippen LogP contribution in [0.4, 0.5) is 5.69 Å². The third-order valence-corrected chi connectivity index (χ3v) is 5.33. The lowest BCUT2D eigenvalue weighted by molar-refractivity contribution is -0.113. The van der Waals surface area contributed by atoms with E-state index in [1.807, 2.05) is 61.5 Å². The van der Waals surface area contributed by atoms with Crippen molar-refractivity contribution in [3.05, 3.63) is 72.7 Å². The van der Waals surface area contributed by atoms with E-state index in [9.17, 15) is 4.79 Å². The molecule has 2 heterocycles. The van der Waals surface area contributed by atoms with Crippen molar-refractivity contribution in [3.63, 3.8) is 0 Å². The summed E-state index contributed by atoms with van der Waals surface area (Å²) in [5.41, 5.74) is 3.53. The number of nitrogens with two attached hydrogens (primary N) is 1. The van der Waals surface area contributed by atoms with Crippen molar-refractivity contribution in [2.45, 2.75) is 12.1 Å². The zero-order valence-corrected chi connectivity index (χ0v) is 16.5. The highest BCUT2D eigenvalue weighted by molar-refractivity contribution is 7.99. The Labute approximate surface area is 171 Å². The molecule has 0 fully saturated rings. The number of nitrogen functional groups attached to an aromatic ring is 1. The molecule has 2 aromatic carbocycles. The largest absolute Gasteiger partial charge is 0.469 e. The number of thioether (sulfide) groups is 1. The van der Waals surface area contributed by atoms with Gasteiger partial charge in [0.2, 0.25) is 11.1 Å². The van der Waals surface area contributed by atoms with E-state index in [4.69, 9.17) is 10.3 Å². The van der Waals surface area contributed by atoms with Gasteiger partial charge in [-0.05, 0) is 24.6 Å². The van der Waals surface area contributed by atoms with Gasteiger partial charge in [-0.3, -0.25) is 4.79 Å². The van der Waals surface area contributed by atoms with Crippen molar-refractivity contribution < 1.29 is 9.21 Å². The number of rotatable bonds is 6. The van der Waals surface area contributed by atoms with Gasteiger partial charge >= 0.3 is 0 Å². The number of benzene rings is 2. The van der Waals surface area contributed by atoms with Crippen molar-refractivity contribution >= 4 is 23.4 Å². The third kappa shape index (κ3) is 4.02. The zero-order valence-electron chi connectivity index (χ0n) is 15.7. The van der Waals surface area contributed by atoms with E-state index in [1.165, 1.54) is 16.4 Å². The molecule has 3 N–H and O–H groups in total. The van der Waals surface area contributed by atoms with Crippen molar-refractivity contribution in [3.8, 4) is 22.5 Å². The molecule has 0 aliphatic rings. The lowest BCUT2D eigenvalue weighted by atomic mass is 10.0. The minimum Gasteiger partial charge on any atom is -0.469 e. The third-order valence-electron chi connectivity index (χ3n) is 4.38. The standard InChI is InChI=1S/C21H19N5O2S/c1-14-16(11-12-28-14)20-24-25-21(26(20)22)29-13-19(27)23-18-10-6-5-9-17(18)15-7-3-2-4-8-15/h2-12H,13,22H2,1H3,(H,23,27). The predicted octanol–water partition coefficient (Wildman–Crippen LogP) is 3.96. The Hall–Kier alpha value is -3.52. The molecule has 1 amide bonds. The van der Waals surface area contributed by atoms with Gasteiger partial charge in [-0.15, -0.1) is 10.2 Å². The van der Waals surface area contributed by atoms with Crippen molar-refractivity contribution in [1.29, 1.82) is 0 Å². The molecule has 4 aromatic rings. The summed E-state index contributed by atoms with van der Waals surface area (Å²) >= 11 is 1.22.